The van der Waals surface area contributed by atoms with Gasteiger partial charge in [-0.2, -0.15) is 0 Å². The molecular weight excluding hydrogens is 285 g/mol. The van der Waals surface area contributed by atoms with Gasteiger partial charge in [-0.15, -0.1) is 0 Å². The molecule has 0 aliphatic heterocycles. The SMILES string of the molecule is CCNC(=NCC(OC)c1ccc(F)cc1)NCCOCC. The van der Waals surface area contributed by atoms with E-state index in [1.165, 1.54) is 12.1 Å². The molecule has 0 aliphatic rings. The van der Waals surface area contributed by atoms with Crippen molar-refractivity contribution in [3.05, 3.63) is 35.6 Å². The lowest BCUT2D eigenvalue weighted by Gasteiger charge is -2.16. The van der Waals surface area contributed by atoms with Crippen molar-refractivity contribution < 1.29 is 13.9 Å². The third kappa shape index (κ3) is 6.87. The van der Waals surface area contributed by atoms with Crippen LogP contribution in [0.4, 0.5) is 4.39 Å². The van der Waals surface area contributed by atoms with Gasteiger partial charge in [0, 0.05) is 26.8 Å². The Morgan fingerprint density at radius 2 is 1.95 bits per heavy atom. The molecule has 0 saturated heterocycles. The zero-order valence-corrected chi connectivity index (χ0v) is 13.6. The van der Waals surface area contributed by atoms with E-state index in [9.17, 15) is 4.39 Å². The number of nitrogens with zero attached hydrogens (tertiary/aromatic N) is 1. The molecule has 1 aromatic carbocycles. The van der Waals surface area contributed by atoms with Crippen LogP contribution in [0.25, 0.3) is 0 Å². The van der Waals surface area contributed by atoms with Crippen LogP contribution in [0, 0.1) is 5.82 Å². The van der Waals surface area contributed by atoms with E-state index in [1.54, 1.807) is 19.2 Å². The van der Waals surface area contributed by atoms with Crippen LogP contribution in [0.1, 0.15) is 25.5 Å². The third-order valence-electron chi connectivity index (χ3n) is 3.03. The quantitative estimate of drug-likeness (QED) is 0.417. The molecule has 0 heterocycles. The summed E-state index contributed by atoms with van der Waals surface area (Å²) in [7, 11) is 1.62. The summed E-state index contributed by atoms with van der Waals surface area (Å²) in [5.41, 5.74) is 0.901. The molecule has 0 radical (unpaired) electrons. The van der Waals surface area contributed by atoms with Crippen molar-refractivity contribution in [1.82, 2.24) is 10.6 Å². The maximum atomic E-state index is 13.0. The first-order valence-corrected chi connectivity index (χ1v) is 7.59. The highest BCUT2D eigenvalue weighted by Crippen LogP contribution is 2.17. The van der Waals surface area contributed by atoms with Gasteiger partial charge < -0.3 is 20.1 Å². The Labute approximate surface area is 131 Å². The lowest BCUT2D eigenvalue weighted by atomic mass is 10.1. The second-order valence-electron chi connectivity index (χ2n) is 4.62. The number of benzene rings is 1. The van der Waals surface area contributed by atoms with Crippen molar-refractivity contribution in [2.75, 3.05) is 40.0 Å². The zero-order valence-electron chi connectivity index (χ0n) is 13.6. The Morgan fingerprint density at radius 1 is 1.23 bits per heavy atom. The molecule has 22 heavy (non-hydrogen) atoms. The van der Waals surface area contributed by atoms with Gasteiger partial charge in [0.05, 0.1) is 13.2 Å². The van der Waals surface area contributed by atoms with Crippen molar-refractivity contribution in [2.24, 2.45) is 4.99 Å². The summed E-state index contributed by atoms with van der Waals surface area (Å²) < 4.78 is 23.7. The van der Waals surface area contributed by atoms with Crippen LogP contribution in [-0.4, -0.2) is 45.9 Å². The van der Waals surface area contributed by atoms with Crippen LogP contribution in [0.15, 0.2) is 29.3 Å². The molecule has 0 saturated carbocycles. The van der Waals surface area contributed by atoms with E-state index >= 15 is 0 Å². The smallest absolute Gasteiger partial charge is 0.191 e. The lowest BCUT2D eigenvalue weighted by Crippen LogP contribution is -2.39. The molecular formula is C16H26FN3O2. The standard InChI is InChI=1S/C16H26FN3O2/c1-4-18-16(19-10-11-22-5-2)20-12-15(21-3)13-6-8-14(17)9-7-13/h6-9,15H,4-5,10-12H2,1-3H3,(H2,18,19,20). The monoisotopic (exact) mass is 311 g/mol. The minimum atomic E-state index is -0.256. The van der Waals surface area contributed by atoms with Gasteiger partial charge in [0.2, 0.25) is 0 Å². The van der Waals surface area contributed by atoms with Crippen LogP contribution in [-0.2, 0) is 9.47 Å². The number of methoxy groups -OCH3 is 1. The molecule has 0 aliphatic carbocycles. The number of rotatable bonds is 9. The third-order valence-corrected chi connectivity index (χ3v) is 3.03. The average Bonchev–Trinajstić information content (AvgIpc) is 2.53. The minimum Gasteiger partial charge on any atom is -0.380 e. The van der Waals surface area contributed by atoms with Crippen molar-refractivity contribution >= 4 is 5.96 Å². The van der Waals surface area contributed by atoms with Crippen molar-refractivity contribution in [3.63, 3.8) is 0 Å². The lowest BCUT2D eigenvalue weighted by molar-refractivity contribution is 0.111. The van der Waals surface area contributed by atoms with E-state index in [0.29, 0.717) is 32.3 Å². The van der Waals surface area contributed by atoms with Crippen LogP contribution < -0.4 is 10.6 Å². The number of nitrogens with one attached hydrogen (secondary N) is 2. The van der Waals surface area contributed by atoms with E-state index in [1.807, 2.05) is 13.8 Å². The highest BCUT2D eigenvalue weighted by atomic mass is 19.1. The molecule has 0 spiro atoms. The van der Waals surface area contributed by atoms with Gasteiger partial charge in [-0.05, 0) is 31.5 Å². The first kappa shape index (κ1) is 18.4. The number of hydrogen-bond acceptors (Lipinski definition) is 3. The highest BCUT2D eigenvalue weighted by Gasteiger charge is 2.10. The normalized spacial score (nSPS) is 13.0. The van der Waals surface area contributed by atoms with Crippen LogP contribution in [0.3, 0.4) is 0 Å². The second-order valence-corrected chi connectivity index (χ2v) is 4.62. The van der Waals surface area contributed by atoms with Gasteiger partial charge in [0.1, 0.15) is 11.9 Å². The van der Waals surface area contributed by atoms with Crippen LogP contribution in [0.5, 0.6) is 0 Å². The number of guanidine groups is 1. The van der Waals surface area contributed by atoms with Gasteiger partial charge in [0.25, 0.3) is 0 Å². The van der Waals surface area contributed by atoms with Gasteiger partial charge >= 0.3 is 0 Å². The molecule has 0 fully saturated rings. The first-order valence-electron chi connectivity index (χ1n) is 7.59. The highest BCUT2D eigenvalue weighted by molar-refractivity contribution is 5.79. The number of halogens is 1. The predicted molar refractivity (Wildman–Crippen MR) is 86.6 cm³/mol. The van der Waals surface area contributed by atoms with Gasteiger partial charge in [-0.1, -0.05) is 12.1 Å². The molecule has 5 nitrogen and oxygen atoms in total. The molecule has 1 unspecified atom stereocenters. The maximum absolute atomic E-state index is 13.0. The van der Waals surface area contributed by atoms with E-state index in [-0.39, 0.29) is 11.9 Å². The molecule has 1 atom stereocenters. The van der Waals surface area contributed by atoms with Gasteiger partial charge in [-0.25, -0.2) is 4.39 Å². The van der Waals surface area contributed by atoms with Crippen molar-refractivity contribution in [3.8, 4) is 0 Å². The Hall–Kier alpha value is -1.66. The van der Waals surface area contributed by atoms with E-state index in [0.717, 1.165) is 12.1 Å². The Morgan fingerprint density at radius 3 is 2.55 bits per heavy atom. The molecule has 0 bridgehead atoms. The van der Waals surface area contributed by atoms with Crippen LogP contribution in [0.2, 0.25) is 0 Å². The summed E-state index contributed by atoms with van der Waals surface area (Å²) in [6, 6.07) is 6.29. The van der Waals surface area contributed by atoms with Crippen LogP contribution >= 0.6 is 0 Å². The fourth-order valence-corrected chi connectivity index (χ4v) is 1.90. The van der Waals surface area contributed by atoms with Gasteiger partial charge in [0.15, 0.2) is 5.96 Å². The van der Waals surface area contributed by atoms with E-state index in [4.69, 9.17) is 9.47 Å². The summed E-state index contributed by atoms with van der Waals surface area (Å²) in [4.78, 5) is 4.50. The average molecular weight is 311 g/mol. The Balaban J connectivity index is 2.59. The molecule has 1 rings (SSSR count). The number of aliphatic imine (C=N–C) groups is 1. The summed E-state index contributed by atoms with van der Waals surface area (Å²) in [5, 5.41) is 6.36. The fourth-order valence-electron chi connectivity index (χ4n) is 1.90. The molecule has 0 aromatic heterocycles. The molecule has 1 aromatic rings. The topological polar surface area (TPSA) is 54.9 Å². The van der Waals surface area contributed by atoms with Crippen molar-refractivity contribution in [1.29, 1.82) is 0 Å². The summed E-state index contributed by atoms with van der Waals surface area (Å²) in [5.74, 6) is 0.458. The summed E-state index contributed by atoms with van der Waals surface area (Å²) in [6.07, 6.45) is -0.206. The predicted octanol–water partition coefficient (Wildman–Crippen LogP) is 2.10. The zero-order chi connectivity index (χ0) is 16.2. The Bertz CT molecular complexity index is 438. The maximum Gasteiger partial charge on any atom is 0.191 e. The first-order chi connectivity index (χ1) is 10.7. The summed E-state index contributed by atoms with van der Waals surface area (Å²) in [6.45, 7) is 7.21. The minimum absolute atomic E-state index is 0.206. The summed E-state index contributed by atoms with van der Waals surface area (Å²) >= 11 is 0. The van der Waals surface area contributed by atoms with E-state index < -0.39 is 0 Å². The second kappa shape index (κ2) is 11.0. The molecule has 2 N–H and O–H groups in total. The van der Waals surface area contributed by atoms with E-state index in [2.05, 4.69) is 15.6 Å². The van der Waals surface area contributed by atoms with Gasteiger partial charge in [-0.3, -0.25) is 4.99 Å². The molecule has 6 heteroatoms. The molecule has 124 valence electrons. The fraction of sp³-hybridized carbons (Fsp3) is 0.562. The van der Waals surface area contributed by atoms with Crippen molar-refractivity contribution in [2.45, 2.75) is 20.0 Å². The molecule has 0 amide bonds. The number of ether oxygens (including phenoxy) is 2. The Kier molecular flexibility index (Phi) is 9.18. The largest absolute Gasteiger partial charge is 0.380 e. The number of hydrogen-bond donors (Lipinski definition) is 2.